The van der Waals surface area contributed by atoms with Crippen molar-refractivity contribution in [3.05, 3.63) is 0 Å². The predicted octanol–water partition coefficient (Wildman–Crippen LogP) is -0.597. The van der Waals surface area contributed by atoms with Crippen LogP contribution in [0.25, 0.3) is 0 Å². The highest BCUT2D eigenvalue weighted by atomic mass is 16.5. The normalized spacial score (nSPS) is 11.9. The second kappa shape index (κ2) is 6.42. The van der Waals surface area contributed by atoms with Gasteiger partial charge in [-0.2, -0.15) is 0 Å². The lowest BCUT2D eigenvalue weighted by molar-refractivity contribution is -0.147. The van der Waals surface area contributed by atoms with Crippen LogP contribution in [-0.2, 0) is 14.3 Å². The van der Waals surface area contributed by atoms with Crippen LogP contribution in [0.1, 0.15) is 20.3 Å². The van der Waals surface area contributed by atoms with Crippen molar-refractivity contribution in [2.24, 2.45) is 5.73 Å². The molecule has 13 heavy (non-hydrogen) atoms. The van der Waals surface area contributed by atoms with Crippen molar-refractivity contribution in [3.63, 3.8) is 0 Å². The van der Waals surface area contributed by atoms with Gasteiger partial charge in [0, 0.05) is 13.0 Å². The first-order valence-corrected chi connectivity index (χ1v) is 4.31. The lowest BCUT2D eigenvalue weighted by Crippen LogP contribution is -2.46. The molecule has 0 aromatic heterocycles. The molecule has 0 aromatic rings. The van der Waals surface area contributed by atoms with Gasteiger partial charge in [0.25, 0.3) is 0 Å². The molecule has 76 valence electrons. The zero-order valence-electron chi connectivity index (χ0n) is 8.00. The minimum atomic E-state index is -0.715. The van der Waals surface area contributed by atoms with Crippen LogP contribution in [0.5, 0.6) is 0 Å². The van der Waals surface area contributed by atoms with Crippen LogP contribution in [0.4, 0.5) is 0 Å². The summed E-state index contributed by atoms with van der Waals surface area (Å²) in [5.74, 6) is -0.685. The monoisotopic (exact) mass is 188 g/mol. The first kappa shape index (κ1) is 11.9. The zero-order valence-corrected chi connectivity index (χ0v) is 8.00. The molecule has 0 aliphatic heterocycles. The van der Waals surface area contributed by atoms with Gasteiger partial charge < -0.3 is 15.8 Å². The van der Waals surface area contributed by atoms with E-state index < -0.39 is 12.0 Å². The molecular weight excluding hydrogens is 172 g/mol. The number of carbonyl (C=O) groups is 2. The van der Waals surface area contributed by atoms with E-state index in [1.165, 1.54) is 0 Å². The van der Waals surface area contributed by atoms with E-state index in [0.717, 1.165) is 0 Å². The standard InChI is InChI=1S/C8H16N2O3/c1-3-7(11)10-6(5-9)8(12)13-4-2/h6H,3-5,9H2,1-2H3,(H,10,11)/t6-/m0/s1. The summed E-state index contributed by atoms with van der Waals surface area (Å²) in [6.45, 7) is 3.75. The predicted molar refractivity (Wildman–Crippen MR) is 47.9 cm³/mol. The second-order valence-corrected chi connectivity index (χ2v) is 2.46. The summed E-state index contributed by atoms with van der Waals surface area (Å²) >= 11 is 0. The minimum Gasteiger partial charge on any atom is -0.464 e. The highest BCUT2D eigenvalue weighted by Gasteiger charge is 2.18. The van der Waals surface area contributed by atoms with Crippen molar-refractivity contribution >= 4 is 11.9 Å². The van der Waals surface area contributed by atoms with Crippen molar-refractivity contribution < 1.29 is 14.3 Å². The fourth-order valence-electron chi connectivity index (χ4n) is 0.753. The molecule has 5 nitrogen and oxygen atoms in total. The van der Waals surface area contributed by atoms with Crippen LogP contribution >= 0.6 is 0 Å². The van der Waals surface area contributed by atoms with Crippen LogP contribution in [0, 0.1) is 0 Å². The molecule has 0 aliphatic carbocycles. The van der Waals surface area contributed by atoms with Gasteiger partial charge in [-0.1, -0.05) is 6.92 Å². The van der Waals surface area contributed by atoms with Crippen molar-refractivity contribution in [1.29, 1.82) is 0 Å². The number of carbonyl (C=O) groups excluding carboxylic acids is 2. The largest absolute Gasteiger partial charge is 0.464 e. The molecule has 0 aliphatic rings. The van der Waals surface area contributed by atoms with Gasteiger partial charge in [-0.05, 0) is 6.92 Å². The first-order chi connectivity index (χ1) is 6.15. The summed E-state index contributed by atoms with van der Waals surface area (Å²) in [7, 11) is 0. The molecule has 5 heteroatoms. The third-order valence-electron chi connectivity index (χ3n) is 1.46. The van der Waals surface area contributed by atoms with E-state index in [2.05, 4.69) is 5.32 Å². The van der Waals surface area contributed by atoms with Crippen LogP contribution < -0.4 is 11.1 Å². The Balaban J connectivity index is 4.01. The highest BCUT2D eigenvalue weighted by molar-refractivity contribution is 5.84. The third kappa shape index (κ3) is 4.47. The van der Waals surface area contributed by atoms with Gasteiger partial charge in [0.2, 0.25) is 5.91 Å². The van der Waals surface area contributed by atoms with Gasteiger partial charge in [0.15, 0.2) is 0 Å². The van der Waals surface area contributed by atoms with Crippen LogP contribution in [0.3, 0.4) is 0 Å². The molecule has 0 saturated carbocycles. The molecule has 0 spiro atoms. The fraction of sp³-hybridized carbons (Fsp3) is 0.750. The Morgan fingerprint density at radius 3 is 2.46 bits per heavy atom. The SMILES string of the molecule is CCOC(=O)[C@H](CN)NC(=O)CC. The number of esters is 1. The second-order valence-electron chi connectivity index (χ2n) is 2.46. The van der Waals surface area contributed by atoms with E-state index in [-0.39, 0.29) is 19.1 Å². The molecular formula is C8H16N2O3. The van der Waals surface area contributed by atoms with Crippen molar-refractivity contribution in [2.75, 3.05) is 13.2 Å². The summed E-state index contributed by atoms with van der Waals surface area (Å²) in [5.41, 5.74) is 5.29. The first-order valence-electron chi connectivity index (χ1n) is 4.31. The molecule has 0 fully saturated rings. The van der Waals surface area contributed by atoms with Crippen LogP contribution in [0.15, 0.2) is 0 Å². The van der Waals surface area contributed by atoms with Gasteiger partial charge in [-0.15, -0.1) is 0 Å². The molecule has 0 radical (unpaired) electrons. The minimum absolute atomic E-state index is 0.0601. The van der Waals surface area contributed by atoms with Gasteiger partial charge in [-0.3, -0.25) is 4.79 Å². The van der Waals surface area contributed by atoms with Crippen LogP contribution in [-0.4, -0.2) is 31.1 Å². The van der Waals surface area contributed by atoms with Crippen LogP contribution in [0.2, 0.25) is 0 Å². The van der Waals surface area contributed by atoms with E-state index >= 15 is 0 Å². The van der Waals surface area contributed by atoms with Crippen molar-refractivity contribution in [1.82, 2.24) is 5.32 Å². The quantitative estimate of drug-likeness (QED) is 0.565. The van der Waals surface area contributed by atoms with E-state index in [1.54, 1.807) is 13.8 Å². The number of nitrogens with two attached hydrogens (primary N) is 1. The summed E-state index contributed by atoms with van der Waals surface area (Å²) in [5, 5.41) is 2.46. The Labute approximate surface area is 77.6 Å². The Morgan fingerprint density at radius 2 is 2.08 bits per heavy atom. The summed E-state index contributed by atoms with van der Waals surface area (Å²) in [6.07, 6.45) is 0.329. The van der Waals surface area contributed by atoms with Crippen molar-refractivity contribution in [2.45, 2.75) is 26.3 Å². The van der Waals surface area contributed by atoms with E-state index in [0.29, 0.717) is 6.42 Å². The lowest BCUT2D eigenvalue weighted by atomic mass is 10.3. The van der Waals surface area contributed by atoms with E-state index in [9.17, 15) is 9.59 Å². The average molecular weight is 188 g/mol. The number of nitrogens with one attached hydrogen (secondary N) is 1. The summed E-state index contributed by atoms with van der Waals surface area (Å²) in [4.78, 5) is 22.0. The number of hydrogen-bond donors (Lipinski definition) is 2. The van der Waals surface area contributed by atoms with Gasteiger partial charge in [-0.25, -0.2) is 4.79 Å². The number of amides is 1. The van der Waals surface area contributed by atoms with E-state index in [1.807, 2.05) is 0 Å². The maximum atomic E-state index is 11.1. The van der Waals surface area contributed by atoms with Gasteiger partial charge in [0.05, 0.1) is 6.61 Å². The Kier molecular flexibility index (Phi) is 5.88. The topological polar surface area (TPSA) is 81.4 Å². The maximum absolute atomic E-state index is 11.1. The number of ether oxygens (including phenoxy) is 1. The van der Waals surface area contributed by atoms with Gasteiger partial charge >= 0.3 is 5.97 Å². The lowest BCUT2D eigenvalue weighted by Gasteiger charge is -2.14. The smallest absolute Gasteiger partial charge is 0.329 e. The van der Waals surface area contributed by atoms with Crippen molar-refractivity contribution in [3.8, 4) is 0 Å². The average Bonchev–Trinajstić information content (AvgIpc) is 2.14. The zero-order chi connectivity index (χ0) is 10.3. The molecule has 1 atom stereocenters. The maximum Gasteiger partial charge on any atom is 0.329 e. The molecule has 1 amide bonds. The molecule has 0 saturated heterocycles. The summed E-state index contributed by atoms with van der Waals surface area (Å²) in [6, 6.07) is -0.715. The molecule has 0 aromatic carbocycles. The van der Waals surface area contributed by atoms with E-state index in [4.69, 9.17) is 10.5 Å². The summed E-state index contributed by atoms with van der Waals surface area (Å²) < 4.78 is 4.71. The molecule has 0 unspecified atom stereocenters. The Hall–Kier alpha value is -1.10. The number of hydrogen-bond acceptors (Lipinski definition) is 4. The molecule has 0 bridgehead atoms. The third-order valence-corrected chi connectivity index (χ3v) is 1.46. The molecule has 3 N–H and O–H groups in total. The molecule has 0 rings (SSSR count). The number of rotatable bonds is 5. The molecule has 0 heterocycles. The Bertz CT molecular complexity index is 182. The Morgan fingerprint density at radius 1 is 1.46 bits per heavy atom. The highest BCUT2D eigenvalue weighted by Crippen LogP contribution is 1.88. The fourth-order valence-corrected chi connectivity index (χ4v) is 0.753. The van der Waals surface area contributed by atoms with Gasteiger partial charge in [0.1, 0.15) is 6.04 Å².